The molecule has 2 aromatic rings. The van der Waals surface area contributed by atoms with Crippen LogP contribution in [0.2, 0.25) is 0 Å². The first-order valence-electron chi connectivity index (χ1n) is 11.3. The average Bonchev–Trinajstić information content (AvgIpc) is 3.35. The number of aromatic nitrogens is 1. The molecule has 14 heteroatoms. The number of aryl methyl sites for hydroxylation is 2. The molecule has 1 aromatic heterocycles. The number of rotatable bonds is 6. The maximum atomic E-state index is 14.9. The van der Waals surface area contributed by atoms with Crippen LogP contribution in [-0.4, -0.2) is 61.4 Å². The molecule has 2 unspecified atom stereocenters. The summed E-state index contributed by atoms with van der Waals surface area (Å²) in [4.78, 5) is 10.3. The molecule has 3 heterocycles. The van der Waals surface area contributed by atoms with Gasteiger partial charge in [-0.3, -0.25) is 4.98 Å². The Morgan fingerprint density at radius 3 is 2.54 bits per heavy atom. The number of halogens is 6. The second kappa shape index (κ2) is 9.46. The molecule has 2 aliphatic heterocycles. The number of likely N-dealkylation sites (tertiary alicyclic amines) is 1. The van der Waals surface area contributed by atoms with E-state index in [-0.39, 0.29) is 22.5 Å². The number of oxime groups is 1. The molecule has 1 aromatic carbocycles. The number of hydrogen-bond donors (Lipinski definition) is 1. The number of nitrogens with one attached hydrogen (secondary N) is 1. The van der Waals surface area contributed by atoms with E-state index >= 15 is 0 Å². The van der Waals surface area contributed by atoms with E-state index in [0.29, 0.717) is 11.6 Å². The molecule has 0 saturated carbocycles. The molecule has 2 aliphatic rings. The lowest BCUT2D eigenvalue weighted by molar-refractivity contribution is -0.131. The van der Waals surface area contributed by atoms with Crippen molar-refractivity contribution in [1.82, 2.24) is 14.6 Å². The van der Waals surface area contributed by atoms with Crippen molar-refractivity contribution in [3.8, 4) is 11.1 Å². The van der Waals surface area contributed by atoms with Gasteiger partial charge in [-0.05, 0) is 44.0 Å². The molecule has 0 aliphatic carbocycles. The van der Waals surface area contributed by atoms with E-state index in [0.717, 1.165) is 11.0 Å². The molecule has 2 atom stereocenters. The lowest BCUT2D eigenvalue weighted by Crippen LogP contribution is -2.47. The highest BCUT2D eigenvalue weighted by molar-refractivity contribution is 7.89. The molecule has 7 nitrogen and oxygen atoms in total. The van der Waals surface area contributed by atoms with E-state index in [2.05, 4.69) is 10.1 Å². The van der Waals surface area contributed by atoms with E-state index in [1.54, 1.807) is 6.92 Å². The van der Waals surface area contributed by atoms with Gasteiger partial charge in [-0.2, -0.15) is 0 Å². The van der Waals surface area contributed by atoms with E-state index in [4.69, 9.17) is 4.84 Å². The van der Waals surface area contributed by atoms with E-state index < -0.39 is 76.6 Å². The van der Waals surface area contributed by atoms with Crippen LogP contribution >= 0.6 is 0 Å². The topological polar surface area (TPSA) is 83.9 Å². The molecule has 1 saturated heterocycles. The standard InChI is InChI=1S/C23H24F6N4O3S/c1-4-37(34,35)32-17-10-33(11-23(17,28)29)18-8-22(21(26)27,36-31-18)20-15(5-12(2)9-30-20)19-13(3)6-14(24)7-16(19)25/h5-7,9,17,21,32H,4,8,10-11H2,1-3H3. The summed E-state index contributed by atoms with van der Waals surface area (Å²) in [5, 5.41) is 3.66. The summed E-state index contributed by atoms with van der Waals surface area (Å²) in [6.45, 7) is 2.78. The van der Waals surface area contributed by atoms with Crippen molar-refractivity contribution in [3.05, 3.63) is 52.9 Å². The Morgan fingerprint density at radius 2 is 1.92 bits per heavy atom. The summed E-state index contributed by atoms with van der Waals surface area (Å²) in [6.07, 6.45) is -2.71. The van der Waals surface area contributed by atoms with Crippen molar-refractivity contribution in [2.75, 3.05) is 18.8 Å². The lowest BCUT2D eigenvalue weighted by atomic mass is 9.87. The van der Waals surface area contributed by atoms with Gasteiger partial charge in [0.15, 0.2) is 0 Å². The molecule has 0 radical (unpaired) electrons. The first-order chi connectivity index (χ1) is 17.2. The Bertz CT molecular complexity index is 1330. The van der Waals surface area contributed by atoms with Crippen LogP contribution in [0, 0.1) is 25.5 Å². The summed E-state index contributed by atoms with van der Waals surface area (Å²) in [5.74, 6) is -6.04. The fourth-order valence-electron chi connectivity index (χ4n) is 4.49. The van der Waals surface area contributed by atoms with Crippen molar-refractivity contribution in [2.24, 2.45) is 5.16 Å². The SMILES string of the molecule is CCS(=O)(=O)NC1CN(C2=NOC(c3ncc(C)cc3-c3c(C)cc(F)cc3F)(C(F)F)C2)CC1(F)F. The van der Waals surface area contributed by atoms with Crippen LogP contribution < -0.4 is 4.72 Å². The fourth-order valence-corrected chi connectivity index (χ4v) is 5.34. The highest BCUT2D eigenvalue weighted by Crippen LogP contribution is 2.46. The Hall–Kier alpha value is -2.87. The number of amidine groups is 1. The number of benzene rings is 1. The van der Waals surface area contributed by atoms with Gasteiger partial charge in [-0.15, -0.1) is 0 Å². The molecule has 202 valence electrons. The van der Waals surface area contributed by atoms with Crippen molar-refractivity contribution in [3.63, 3.8) is 0 Å². The third-order valence-corrected chi connectivity index (χ3v) is 7.82. The summed E-state index contributed by atoms with van der Waals surface area (Å²) >= 11 is 0. The van der Waals surface area contributed by atoms with Gasteiger partial charge in [-0.1, -0.05) is 5.16 Å². The number of pyridine rings is 1. The Kier molecular flexibility index (Phi) is 6.95. The van der Waals surface area contributed by atoms with Crippen molar-refractivity contribution >= 4 is 15.9 Å². The minimum atomic E-state index is -3.97. The average molecular weight is 551 g/mol. The predicted molar refractivity (Wildman–Crippen MR) is 123 cm³/mol. The van der Waals surface area contributed by atoms with Crippen molar-refractivity contribution in [1.29, 1.82) is 0 Å². The predicted octanol–water partition coefficient (Wildman–Crippen LogP) is 4.10. The van der Waals surface area contributed by atoms with Crippen LogP contribution in [0.1, 0.15) is 30.2 Å². The molecule has 4 rings (SSSR count). The van der Waals surface area contributed by atoms with Crippen molar-refractivity contribution < 1.29 is 39.6 Å². The second-order valence-corrected chi connectivity index (χ2v) is 11.2. The third kappa shape index (κ3) is 5.00. The lowest BCUT2D eigenvalue weighted by Gasteiger charge is -2.28. The van der Waals surface area contributed by atoms with Crippen LogP contribution in [0.15, 0.2) is 29.6 Å². The van der Waals surface area contributed by atoms with Crippen molar-refractivity contribution in [2.45, 2.75) is 51.2 Å². The first kappa shape index (κ1) is 27.2. The van der Waals surface area contributed by atoms with Gasteiger partial charge in [0.25, 0.3) is 12.3 Å². The minimum absolute atomic E-state index is 0.0768. The van der Waals surface area contributed by atoms with Crippen LogP contribution in [0.4, 0.5) is 26.3 Å². The largest absolute Gasteiger partial charge is 0.374 e. The highest BCUT2D eigenvalue weighted by Gasteiger charge is 2.57. The van der Waals surface area contributed by atoms with Crippen LogP contribution in [0.3, 0.4) is 0 Å². The molecule has 37 heavy (non-hydrogen) atoms. The molecular weight excluding hydrogens is 526 g/mol. The number of sulfonamides is 1. The quantitative estimate of drug-likeness (QED) is 0.548. The Morgan fingerprint density at radius 1 is 1.22 bits per heavy atom. The van der Waals surface area contributed by atoms with Gasteiger partial charge in [-0.25, -0.2) is 39.5 Å². The van der Waals surface area contributed by atoms with Crippen LogP contribution in [0.5, 0.6) is 0 Å². The Balaban J connectivity index is 1.71. The number of alkyl halides is 4. The first-order valence-corrected chi connectivity index (χ1v) is 12.9. The number of hydrogen-bond acceptors (Lipinski definition) is 6. The van der Waals surface area contributed by atoms with Gasteiger partial charge >= 0.3 is 0 Å². The number of nitrogens with zero attached hydrogens (tertiary/aromatic N) is 3. The van der Waals surface area contributed by atoms with Gasteiger partial charge < -0.3 is 9.74 Å². The summed E-state index contributed by atoms with van der Waals surface area (Å²) in [7, 11) is -3.97. The summed E-state index contributed by atoms with van der Waals surface area (Å²) < 4.78 is 113. The monoisotopic (exact) mass is 550 g/mol. The van der Waals surface area contributed by atoms with Gasteiger partial charge in [0.05, 0.1) is 18.7 Å². The smallest absolute Gasteiger partial charge is 0.286 e. The zero-order chi connectivity index (χ0) is 27.3. The molecular formula is C23H24F6N4O3S. The molecule has 1 fully saturated rings. The van der Waals surface area contributed by atoms with E-state index in [1.165, 1.54) is 26.1 Å². The van der Waals surface area contributed by atoms with E-state index in [1.807, 2.05) is 4.72 Å². The normalized spacial score (nSPS) is 23.5. The molecule has 0 bridgehead atoms. The zero-order valence-corrected chi connectivity index (χ0v) is 20.9. The zero-order valence-electron chi connectivity index (χ0n) is 20.0. The van der Waals surface area contributed by atoms with Gasteiger partial charge in [0.1, 0.15) is 29.2 Å². The molecule has 0 amide bonds. The Labute approximate surface area is 209 Å². The summed E-state index contributed by atoms with van der Waals surface area (Å²) in [5.41, 5.74) is -2.56. The summed E-state index contributed by atoms with van der Waals surface area (Å²) in [6, 6.07) is 1.26. The van der Waals surface area contributed by atoms with Gasteiger partial charge in [0.2, 0.25) is 15.6 Å². The minimum Gasteiger partial charge on any atom is -0.374 e. The fraction of sp³-hybridized carbons (Fsp3) is 0.478. The maximum absolute atomic E-state index is 14.9. The van der Waals surface area contributed by atoms with Gasteiger partial charge in [0, 0.05) is 29.9 Å². The van der Waals surface area contributed by atoms with Crippen LogP contribution in [0.25, 0.3) is 11.1 Å². The molecule has 1 N–H and O–H groups in total. The maximum Gasteiger partial charge on any atom is 0.286 e. The highest BCUT2D eigenvalue weighted by atomic mass is 32.2. The van der Waals surface area contributed by atoms with Crippen LogP contribution in [-0.2, 0) is 20.5 Å². The molecule has 0 spiro atoms. The third-order valence-electron chi connectivity index (χ3n) is 6.42. The van der Waals surface area contributed by atoms with E-state index in [9.17, 15) is 34.8 Å². The second-order valence-electron chi connectivity index (χ2n) is 9.17.